The van der Waals surface area contributed by atoms with E-state index < -0.39 is 6.04 Å². The Hall–Kier alpha value is -1.39. The van der Waals surface area contributed by atoms with Crippen LogP contribution in [0.5, 0.6) is 0 Å². The van der Waals surface area contributed by atoms with Gasteiger partial charge in [-0.2, -0.15) is 0 Å². The number of hydrogen-bond donors (Lipinski definition) is 2. The molecule has 0 bridgehead atoms. The van der Waals surface area contributed by atoms with E-state index in [0.29, 0.717) is 0 Å². The number of nitrogens with one attached hydrogen (secondary N) is 1. The van der Waals surface area contributed by atoms with Gasteiger partial charge in [0.25, 0.3) is 0 Å². The normalized spacial score (nSPS) is 11.6. The summed E-state index contributed by atoms with van der Waals surface area (Å²) in [5.74, 6) is -0.171. The fraction of sp³-hybridized carbons (Fsp3) is 0.154. The van der Waals surface area contributed by atoms with Crippen LogP contribution in [0.3, 0.4) is 0 Å². The van der Waals surface area contributed by atoms with E-state index in [-0.39, 0.29) is 22.9 Å². The van der Waals surface area contributed by atoms with Crippen LogP contribution in [0.25, 0.3) is 10.8 Å². The topological polar surface area (TPSA) is 55.1 Å². The van der Waals surface area contributed by atoms with Gasteiger partial charge < -0.3 is 11.1 Å². The Morgan fingerprint density at radius 1 is 1.18 bits per heavy atom. The molecular weight excluding hydrogens is 280 g/mol. The lowest BCUT2D eigenvalue weighted by molar-refractivity contribution is -0.117. The second-order valence-corrected chi connectivity index (χ2v) is 3.84. The molecule has 0 aliphatic carbocycles. The second-order valence-electron chi connectivity index (χ2n) is 3.84. The first-order chi connectivity index (χ1) is 7.66. The number of amides is 1. The summed E-state index contributed by atoms with van der Waals surface area (Å²) in [5.41, 5.74) is 6.26. The Labute approximate surface area is 111 Å². The highest BCUT2D eigenvalue weighted by Gasteiger charge is 2.07. The number of carbonyl (C=O) groups is 1. The average molecular weight is 295 g/mol. The summed E-state index contributed by atoms with van der Waals surface area (Å²) in [6.07, 6.45) is 0. The highest BCUT2D eigenvalue weighted by atomic mass is 79.9. The minimum atomic E-state index is -0.494. The van der Waals surface area contributed by atoms with Crippen LogP contribution in [-0.4, -0.2) is 11.9 Å². The molecule has 2 aromatic rings. The maximum Gasteiger partial charge on any atom is 0.240 e. The van der Waals surface area contributed by atoms with E-state index in [2.05, 4.69) is 5.32 Å². The van der Waals surface area contributed by atoms with Crippen LogP contribution < -0.4 is 11.1 Å². The van der Waals surface area contributed by atoms with E-state index in [9.17, 15) is 4.79 Å². The van der Waals surface area contributed by atoms with Gasteiger partial charge in [-0.3, -0.25) is 4.79 Å². The van der Waals surface area contributed by atoms with Gasteiger partial charge >= 0.3 is 0 Å². The molecule has 17 heavy (non-hydrogen) atoms. The molecule has 0 radical (unpaired) electrons. The molecule has 1 atom stereocenters. The van der Waals surface area contributed by atoms with Crippen molar-refractivity contribution in [2.24, 2.45) is 5.73 Å². The summed E-state index contributed by atoms with van der Waals surface area (Å²) in [7, 11) is 0. The van der Waals surface area contributed by atoms with Gasteiger partial charge in [-0.15, -0.1) is 17.0 Å². The first-order valence-corrected chi connectivity index (χ1v) is 5.22. The van der Waals surface area contributed by atoms with E-state index in [1.807, 2.05) is 42.5 Å². The molecule has 3 N–H and O–H groups in total. The van der Waals surface area contributed by atoms with Crippen molar-refractivity contribution in [3.05, 3.63) is 42.5 Å². The first kappa shape index (κ1) is 13.7. The third-order valence-electron chi connectivity index (χ3n) is 2.43. The Balaban J connectivity index is 0.00000144. The summed E-state index contributed by atoms with van der Waals surface area (Å²) in [6.45, 7) is 1.66. The Kier molecular flexibility index (Phi) is 4.66. The fourth-order valence-electron chi connectivity index (χ4n) is 1.52. The molecule has 0 saturated heterocycles. The predicted molar refractivity (Wildman–Crippen MR) is 76.5 cm³/mol. The van der Waals surface area contributed by atoms with Crippen molar-refractivity contribution in [1.82, 2.24) is 0 Å². The maximum absolute atomic E-state index is 11.4. The lowest BCUT2D eigenvalue weighted by atomic mass is 10.1. The number of hydrogen-bond acceptors (Lipinski definition) is 2. The summed E-state index contributed by atoms with van der Waals surface area (Å²) in [5, 5.41) is 5.03. The molecule has 2 aromatic carbocycles. The molecule has 0 aliphatic rings. The van der Waals surface area contributed by atoms with Gasteiger partial charge in [0.15, 0.2) is 0 Å². The van der Waals surface area contributed by atoms with Crippen molar-refractivity contribution in [3.63, 3.8) is 0 Å². The Morgan fingerprint density at radius 3 is 2.47 bits per heavy atom. The molecule has 0 aliphatic heterocycles. The zero-order chi connectivity index (χ0) is 11.5. The first-order valence-electron chi connectivity index (χ1n) is 5.22. The third kappa shape index (κ3) is 3.28. The van der Waals surface area contributed by atoms with Gasteiger partial charge in [-0.05, 0) is 29.8 Å². The van der Waals surface area contributed by atoms with Gasteiger partial charge in [0.2, 0.25) is 5.91 Å². The molecule has 1 amide bonds. The zero-order valence-corrected chi connectivity index (χ0v) is 11.2. The molecule has 0 heterocycles. The van der Waals surface area contributed by atoms with Crippen LogP contribution >= 0.6 is 17.0 Å². The second kappa shape index (κ2) is 5.80. The molecule has 2 rings (SSSR count). The monoisotopic (exact) mass is 294 g/mol. The van der Waals surface area contributed by atoms with E-state index in [1.54, 1.807) is 6.92 Å². The minimum absolute atomic E-state index is 0. The van der Waals surface area contributed by atoms with Gasteiger partial charge in [0.05, 0.1) is 6.04 Å². The molecular formula is C13H15BrN2O. The summed E-state index contributed by atoms with van der Waals surface area (Å²) >= 11 is 0. The number of carbonyl (C=O) groups excluding carboxylic acids is 1. The number of benzene rings is 2. The quantitative estimate of drug-likeness (QED) is 0.895. The number of nitrogens with two attached hydrogens (primary N) is 1. The molecule has 4 heteroatoms. The van der Waals surface area contributed by atoms with Crippen molar-refractivity contribution in [2.75, 3.05) is 5.32 Å². The lowest BCUT2D eigenvalue weighted by Gasteiger charge is -2.08. The molecule has 3 nitrogen and oxygen atoms in total. The molecule has 0 unspecified atom stereocenters. The zero-order valence-electron chi connectivity index (χ0n) is 9.51. The predicted octanol–water partition coefficient (Wildman–Crippen LogP) is 2.70. The van der Waals surface area contributed by atoms with Crippen LogP contribution in [0.4, 0.5) is 5.69 Å². The van der Waals surface area contributed by atoms with Crippen LogP contribution in [0.15, 0.2) is 42.5 Å². The number of rotatable bonds is 2. The number of fused-ring (bicyclic) bond motifs is 1. The summed E-state index contributed by atoms with van der Waals surface area (Å²) in [6, 6.07) is 13.3. The smallest absolute Gasteiger partial charge is 0.240 e. The van der Waals surface area contributed by atoms with Crippen molar-refractivity contribution in [1.29, 1.82) is 0 Å². The summed E-state index contributed by atoms with van der Waals surface area (Å²) in [4.78, 5) is 11.4. The van der Waals surface area contributed by atoms with Gasteiger partial charge in [0.1, 0.15) is 0 Å². The average Bonchev–Trinajstić information content (AvgIpc) is 2.28. The van der Waals surface area contributed by atoms with E-state index >= 15 is 0 Å². The van der Waals surface area contributed by atoms with Crippen molar-refractivity contribution in [2.45, 2.75) is 13.0 Å². The van der Waals surface area contributed by atoms with Crippen molar-refractivity contribution < 1.29 is 4.79 Å². The SMILES string of the molecule is Br.C[C@@H](N)C(=O)Nc1ccc2ccccc2c1. The molecule has 0 saturated carbocycles. The number of halogens is 1. The van der Waals surface area contributed by atoms with Crippen molar-refractivity contribution in [3.8, 4) is 0 Å². The fourth-order valence-corrected chi connectivity index (χ4v) is 1.52. The molecule has 90 valence electrons. The Morgan fingerprint density at radius 2 is 1.82 bits per heavy atom. The van der Waals surface area contributed by atoms with E-state index in [4.69, 9.17) is 5.73 Å². The van der Waals surface area contributed by atoms with Gasteiger partial charge in [-0.1, -0.05) is 30.3 Å². The van der Waals surface area contributed by atoms with Gasteiger partial charge in [0, 0.05) is 5.69 Å². The number of anilines is 1. The standard InChI is InChI=1S/C13H14N2O.BrH/c1-9(14)13(16)15-12-7-6-10-4-2-3-5-11(10)8-12;/h2-9H,14H2,1H3,(H,15,16);1H/t9-;/m1./s1. The lowest BCUT2D eigenvalue weighted by Crippen LogP contribution is -2.32. The van der Waals surface area contributed by atoms with Crippen LogP contribution in [0.2, 0.25) is 0 Å². The minimum Gasteiger partial charge on any atom is -0.325 e. The van der Waals surface area contributed by atoms with Crippen LogP contribution in [0.1, 0.15) is 6.92 Å². The molecule has 0 fully saturated rings. The van der Waals surface area contributed by atoms with Gasteiger partial charge in [-0.25, -0.2) is 0 Å². The summed E-state index contributed by atoms with van der Waals surface area (Å²) < 4.78 is 0. The third-order valence-corrected chi connectivity index (χ3v) is 2.43. The van der Waals surface area contributed by atoms with E-state index in [1.165, 1.54) is 0 Å². The van der Waals surface area contributed by atoms with E-state index in [0.717, 1.165) is 16.5 Å². The molecule has 0 spiro atoms. The largest absolute Gasteiger partial charge is 0.325 e. The van der Waals surface area contributed by atoms with Crippen LogP contribution in [-0.2, 0) is 4.79 Å². The Bertz CT molecular complexity index is 526. The highest BCUT2D eigenvalue weighted by Crippen LogP contribution is 2.18. The van der Waals surface area contributed by atoms with Crippen LogP contribution in [0, 0.1) is 0 Å². The maximum atomic E-state index is 11.4. The molecule has 0 aromatic heterocycles. The highest BCUT2D eigenvalue weighted by molar-refractivity contribution is 8.93. The van der Waals surface area contributed by atoms with Crippen molar-refractivity contribution >= 4 is 39.3 Å².